The van der Waals surface area contributed by atoms with Gasteiger partial charge in [-0.25, -0.2) is 9.37 Å². The van der Waals surface area contributed by atoms with Crippen molar-refractivity contribution in [2.24, 2.45) is 0 Å². The summed E-state index contributed by atoms with van der Waals surface area (Å²) in [6.07, 6.45) is 1.50. The third-order valence-corrected chi connectivity index (χ3v) is 5.81. The van der Waals surface area contributed by atoms with Gasteiger partial charge in [-0.3, -0.25) is 9.36 Å². The van der Waals surface area contributed by atoms with Crippen LogP contribution in [0.15, 0.2) is 70.2 Å². The number of halogens is 1. The van der Waals surface area contributed by atoms with Gasteiger partial charge in [0, 0.05) is 16.0 Å². The van der Waals surface area contributed by atoms with Crippen molar-refractivity contribution in [3.63, 3.8) is 0 Å². The molecular weight excluding hydrogens is 403 g/mol. The highest BCUT2D eigenvalue weighted by Gasteiger charge is 2.18. The van der Waals surface area contributed by atoms with Crippen LogP contribution in [0.3, 0.4) is 0 Å². The van der Waals surface area contributed by atoms with Crippen molar-refractivity contribution < 1.29 is 8.91 Å². The molecule has 0 saturated carbocycles. The quantitative estimate of drug-likeness (QED) is 0.424. The summed E-state index contributed by atoms with van der Waals surface area (Å²) in [5.74, 6) is 0.267. The van der Waals surface area contributed by atoms with E-state index in [1.807, 2.05) is 37.3 Å². The molecule has 8 heteroatoms. The van der Waals surface area contributed by atoms with Crippen LogP contribution in [0.4, 0.5) is 4.39 Å². The van der Waals surface area contributed by atoms with Crippen molar-refractivity contribution in [1.82, 2.24) is 19.7 Å². The maximum atomic E-state index is 13.3. The van der Waals surface area contributed by atoms with Crippen molar-refractivity contribution in [3.05, 3.63) is 87.9 Å². The molecule has 0 bridgehead atoms. The van der Waals surface area contributed by atoms with Crippen LogP contribution in [0.2, 0.25) is 0 Å². The van der Waals surface area contributed by atoms with Gasteiger partial charge in [-0.2, -0.15) is 4.98 Å². The number of nitrogens with zero attached hydrogens (tertiary/aromatic N) is 4. The number of hydrogen-bond donors (Lipinski definition) is 0. The molecule has 0 unspecified atom stereocenters. The number of aryl methyl sites for hydroxylation is 1. The molecule has 0 N–H and O–H groups in total. The largest absolute Gasteiger partial charge is 0.337 e. The van der Waals surface area contributed by atoms with Gasteiger partial charge in [0.2, 0.25) is 11.7 Å². The standard InChI is InChI=1S/C22H15FN4O2S/c1-13-18(14-5-3-2-4-6-14)19-21(30-13)24-12-27(22(19)28)11-17-25-20(26-29-17)15-7-9-16(23)10-8-15/h2-10,12H,11H2,1H3. The van der Waals surface area contributed by atoms with Crippen molar-refractivity contribution in [3.8, 4) is 22.5 Å². The summed E-state index contributed by atoms with van der Waals surface area (Å²) in [7, 11) is 0. The molecule has 0 radical (unpaired) electrons. The van der Waals surface area contributed by atoms with Gasteiger partial charge in [0.1, 0.15) is 17.2 Å². The van der Waals surface area contributed by atoms with Gasteiger partial charge in [-0.05, 0) is 36.8 Å². The molecule has 0 saturated heterocycles. The Hall–Kier alpha value is -3.65. The Kier molecular flexibility index (Phi) is 4.48. The first-order valence-corrected chi connectivity index (χ1v) is 10.0. The monoisotopic (exact) mass is 418 g/mol. The van der Waals surface area contributed by atoms with E-state index in [0.29, 0.717) is 21.6 Å². The van der Waals surface area contributed by atoms with E-state index in [1.54, 1.807) is 12.1 Å². The predicted molar refractivity (Wildman–Crippen MR) is 113 cm³/mol. The van der Waals surface area contributed by atoms with Gasteiger partial charge in [0.25, 0.3) is 5.56 Å². The molecule has 5 aromatic rings. The first-order valence-electron chi connectivity index (χ1n) is 9.22. The molecule has 0 atom stereocenters. The Balaban J connectivity index is 1.54. The van der Waals surface area contributed by atoms with Crippen LogP contribution in [0.25, 0.3) is 32.7 Å². The molecule has 0 aliphatic rings. The molecule has 0 fully saturated rings. The van der Waals surface area contributed by atoms with Crippen LogP contribution < -0.4 is 5.56 Å². The van der Waals surface area contributed by atoms with Gasteiger partial charge in [0.05, 0.1) is 11.7 Å². The fourth-order valence-corrected chi connectivity index (χ4v) is 4.39. The lowest BCUT2D eigenvalue weighted by molar-refractivity contribution is 0.369. The normalized spacial score (nSPS) is 11.3. The van der Waals surface area contributed by atoms with Crippen LogP contribution in [0, 0.1) is 12.7 Å². The number of hydrogen-bond acceptors (Lipinski definition) is 6. The van der Waals surface area contributed by atoms with Gasteiger partial charge in [-0.15, -0.1) is 11.3 Å². The lowest BCUT2D eigenvalue weighted by Crippen LogP contribution is -2.21. The Labute approximate surface area is 174 Å². The average molecular weight is 418 g/mol. The van der Waals surface area contributed by atoms with Crippen molar-refractivity contribution in [2.75, 3.05) is 0 Å². The number of thiophene rings is 1. The number of aromatic nitrogens is 4. The minimum Gasteiger partial charge on any atom is -0.337 e. The summed E-state index contributed by atoms with van der Waals surface area (Å²) in [5, 5.41) is 4.52. The summed E-state index contributed by atoms with van der Waals surface area (Å²) in [6.45, 7) is 2.09. The predicted octanol–water partition coefficient (Wildman–Crippen LogP) is 4.67. The van der Waals surface area contributed by atoms with E-state index < -0.39 is 0 Å². The fourth-order valence-electron chi connectivity index (χ4n) is 3.38. The Morgan fingerprint density at radius 2 is 1.83 bits per heavy atom. The second kappa shape index (κ2) is 7.31. The van der Waals surface area contributed by atoms with E-state index in [4.69, 9.17) is 4.52 Å². The van der Waals surface area contributed by atoms with Gasteiger partial charge in [0.15, 0.2) is 0 Å². The molecule has 5 rings (SSSR count). The zero-order valence-corrected chi connectivity index (χ0v) is 16.7. The lowest BCUT2D eigenvalue weighted by atomic mass is 10.0. The minimum absolute atomic E-state index is 0.0963. The lowest BCUT2D eigenvalue weighted by Gasteiger charge is -2.04. The van der Waals surface area contributed by atoms with E-state index in [0.717, 1.165) is 16.0 Å². The Morgan fingerprint density at radius 1 is 1.07 bits per heavy atom. The average Bonchev–Trinajstić information content (AvgIpc) is 3.35. The fraction of sp³-hybridized carbons (Fsp3) is 0.0909. The smallest absolute Gasteiger partial charge is 0.263 e. The number of rotatable bonds is 4. The second-order valence-electron chi connectivity index (χ2n) is 6.78. The van der Waals surface area contributed by atoms with E-state index in [-0.39, 0.29) is 23.8 Å². The topological polar surface area (TPSA) is 73.8 Å². The third-order valence-electron chi connectivity index (χ3n) is 4.79. The molecule has 0 aliphatic heterocycles. The SMILES string of the molecule is Cc1sc2ncn(Cc3nc(-c4ccc(F)cc4)no3)c(=O)c2c1-c1ccccc1. The minimum atomic E-state index is -0.339. The summed E-state index contributed by atoms with van der Waals surface area (Å²) >= 11 is 1.50. The van der Waals surface area contributed by atoms with Crippen LogP contribution in [0.5, 0.6) is 0 Å². The molecule has 0 amide bonds. The zero-order valence-electron chi connectivity index (χ0n) is 15.9. The summed E-state index contributed by atoms with van der Waals surface area (Å²) < 4.78 is 19.9. The van der Waals surface area contributed by atoms with Gasteiger partial charge >= 0.3 is 0 Å². The zero-order chi connectivity index (χ0) is 20.7. The third kappa shape index (κ3) is 3.21. The van der Waals surface area contributed by atoms with Crippen LogP contribution in [-0.4, -0.2) is 19.7 Å². The van der Waals surface area contributed by atoms with E-state index >= 15 is 0 Å². The maximum Gasteiger partial charge on any atom is 0.263 e. The molecule has 6 nitrogen and oxygen atoms in total. The Morgan fingerprint density at radius 3 is 2.60 bits per heavy atom. The molecular formula is C22H15FN4O2S. The molecule has 0 spiro atoms. The number of benzene rings is 2. The maximum absolute atomic E-state index is 13.3. The Bertz CT molecular complexity index is 1410. The highest BCUT2D eigenvalue weighted by Crippen LogP contribution is 2.35. The highest BCUT2D eigenvalue weighted by molar-refractivity contribution is 7.19. The van der Waals surface area contributed by atoms with Gasteiger partial charge < -0.3 is 4.52 Å². The van der Waals surface area contributed by atoms with E-state index in [1.165, 1.54) is 34.4 Å². The molecule has 3 aromatic heterocycles. The van der Waals surface area contributed by atoms with Crippen LogP contribution in [-0.2, 0) is 6.54 Å². The van der Waals surface area contributed by atoms with Gasteiger partial charge in [-0.1, -0.05) is 35.5 Å². The molecule has 2 aromatic carbocycles. The first-order chi connectivity index (χ1) is 14.6. The second-order valence-corrected chi connectivity index (χ2v) is 7.98. The first kappa shape index (κ1) is 18.4. The molecule has 148 valence electrons. The molecule has 3 heterocycles. The molecule has 30 heavy (non-hydrogen) atoms. The molecule has 0 aliphatic carbocycles. The van der Waals surface area contributed by atoms with Crippen molar-refractivity contribution in [2.45, 2.75) is 13.5 Å². The van der Waals surface area contributed by atoms with Crippen molar-refractivity contribution in [1.29, 1.82) is 0 Å². The van der Waals surface area contributed by atoms with Crippen LogP contribution in [0.1, 0.15) is 10.8 Å². The van der Waals surface area contributed by atoms with E-state index in [9.17, 15) is 9.18 Å². The summed E-state index contributed by atoms with van der Waals surface area (Å²) in [5.41, 5.74) is 2.35. The van der Waals surface area contributed by atoms with Crippen molar-refractivity contribution >= 4 is 21.6 Å². The number of fused-ring (bicyclic) bond motifs is 1. The van der Waals surface area contributed by atoms with E-state index in [2.05, 4.69) is 15.1 Å². The van der Waals surface area contributed by atoms with Crippen LogP contribution >= 0.6 is 11.3 Å². The summed E-state index contributed by atoms with van der Waals surface area (Å²) in [6, 6.07) is 15.6. The summed E-state index contributed by atoms with van der Waals surface area (Å²) in [4.78, 5) is 23.8. The highest BCUT2D eigenvalue weighted by atomic mass is 32.1.